The molecule has 1 aliphatic heterocycles. The number of aromatic nitrogens is 1. The van der Waals surface area contributed by atoms with Crippen LogP contribution in [0.4, 0.5) is 5.13 Å². The summed E-state index contributed by atoms with van der Waals surface area (Å²) in [6.45, 7) is 5.51. The molecule has 1 aromatic heterocycles. The monoisotopic (exact) mass is 285 g/mol. The van der Waals surface area contributed by atoms with Gasteiger partial charge in [-0.05, 0) is 25.6 Å². The molecular weight excluding hydrogens is 262 g/mol. The molecule has 0 aromatic carbocycles. The lowest BCUT2D eigenvalue weighted by atomic mass is 10.2. The molecule has 0 atom stereocenters. The second-order valence-corrected chi connectivity index (χ2v) is 6.89. The van der Waals surface area contributed by atoms with Gasteiger partial charge in [0.1, 0.15) is 0 Å². The predicted octanol–water partition coefficient (Wildman–Crippen LogP) is 2.76. The van der Waals surface area contributed by atoms with E-state index in [1.165, 1.54) is 46.6 Å². The van der Waals surface area contributed by atoms with Gasteiger partial charge in [0.2, 0.25) is 0 Å². The topological polar surface area (TPSA) is 28.2 Å². The van der Waals surface area contributed by atoms with E-state index in [1.54, 1.807) is 0 Å². The predicted molar refractivity (Wildman–Crippen MR) is 83.0 cm³/mol. The van der Waals surface area contributed by atoms with Gasteiger partial charge in [-0.25, -0.2) is 4.98 Å². The Labute approximate surface area is 118 Å². The van der Waals surface area contributed by atoms with Crippen molar-refractivity contribution in [3.63, 3.8) is 0 Å². The van der Waals surface area contributed by atoms with Crippen molar-refractivity contribution in [1.82, 2.24) is 10.3 Å². The van der Waals surface area contributed by atoms with Gasteiger partial charge in [-0.2, -0.15) is 11.8 Å². The van der Waals surface area contributed by atoms with Crippen LogP contribution in [0.3, 0.4) is 0 Å². The number of nitrogens with zero attached hydrogens (tertiary/aromatic N) is 2. The summed E-state index contributed by atoms with van der Waals surface area (Å²) >= 11 is 3.95. The highest BCUT2D eigenvalue weighted by Gasteiger charge is 2.16. The molecule has 0 radical (unpaired) electrons. The first-order chi connectivity index (χ1) is 8.85. The maximum atomic E-state index is 4.88. The second kappa shape index (κ2) is 7.36. The van der Waals surface area contributed by atoms with Crippen LogP contribution >= 0.6 is 23.1 Å². The normalized spacial score (nSPS) is 16.9. The molecule has 5 heteroatoms. The Balaban J connectivity index is 2.13. The summed E-state index contributed by atoms with van der Waals surface area (Å²) < 4.78 is 0. The zero-order valence-electron chi connectivity index (χ0n) is 11.4. The van der Waals surface area contributed by atoms with Crippen molar-refractivity contribution in [3.05, 3.63) is 10.6 Å². The molecule has 0 saturated carbocycles. The SMILES string of the molecule is CCCc1nc(N2CCCSCC2)sc1CNC. The zero-order valence-corrected chi connectivity index (χ0v) is 13.0. The van der Waals surface area contributed by atoms with Crippen LogP contribution in [0.25, 0.3) is 0 Å². The van der Waals surface area contributed by atoms with Crippen molar-refractivity contribution in [2.24, 2.45) is 0 Å². The van der Waals surface area contributed by atoms with Crippen molar-refractivity contribution in [3.8, 4) is 0 Å². The van der Waals surface area contributed by atoms with E-state index in [0.29, 0.717) is 0 Å². The summed E-state index contributed by atoms with van der Waals surface area (Å²) in [6, 6.07) is 0. The van der Waals surface area contributed by atoms with Crippen LogP contribution in [0.2, 0.25) is 0 Å². The molecule has 3 nitrogen and oxygen atoms in total. The van der Waals surface area contributed by atoms with Crippen molar-refractivity contribution in [2.75, 3.05) is 36.5 Å². The summed E-state index contributed by atoms with van der Waals surface area (Å²) in [5.74, 6) is 2.54. The Bertz CT molecular complexity index is 334. The molecule has 1 N–H and O–H groups in total. The number of anilines is 1. The average molecular weight is 285 g/mol. The van der Waals surface area contributed by atoms with Crippen molar-refractivity contribution >= 4 is 28.2 Å². The van der Waals surface area contributed by atoms with Gasteiger partial charge in [-0.3, -0.25) is 0 Å². The summed E-state index contributed by atoms with van der Waals surface area (Å²) in [5.41, 5.74) is 1.31. The van der Waals surface area contributed by atoms with Gasteiger partial charge >= 0.3 is 0 Å². The molecule has 2 heterocycles. The first kappa shape index (κ1) is 14.2. The Kier molecular flexibility index (Phi) is 5.79. The van der Waals surface area contributed by atoms with Crippen LogP contribution in [-0.2, 0) is 13.0 Å². The molecule has 0 spiro atoms. The summed E-state index contributed by atoms with van der Waals surface area (Å²) in [5, 5.41) is 4.50. The molecule has 0 aliphatic carbocycles. The Morgan fingerprint density at radius 2 is 2.22 bits per heavy atom. The first-order valence-electron chi connectivity index (χ1n) is 6.81. The number of thioether (sulfide) groups is 1. The quantitative estimate of drug-likeness (QED) is 0.900. The minimum absolute atomic E-state index is 0.954. The standard InChI is InChI=1S/C13H23N3S2/c1-3-5-11-12(10-14-2)18-13(15-11)16-6-4-8-17-9-7-16/h14H,3-10H2,1-2H3. The highest BCUT2D eigenvalue weighted by molar-refractivity contribution is 7.99. The summed E-state index contributed by atoms with van der Waals surface area (Å²) in [7, 11) is 2.01. The third kappa shape index (κ3) is 3.62. The third-order valence-corrected chi connectivity index (χ3v) is 5.29. The molecule has 1 aromatic rings. The lowest BCUT2D eigenvalue weighted by Crippen LogP contribution is -2.25. The lowest BCUT2D eigenvalue weighted by Gasteiger charge is -2.18. The van der Waals surface area contributed by atoms with E-state index in [9.17, 15) is 0 Å². The number of rotatable bonds is 5. The zero-order chi connectivity index (χ0) is 12.8. The first-order valence-corrected chi connectivity index (χ1v) is 8.78. The van der Waals surface area contributed by atoms with Gasteiger partial charge < -0.3 is 10.2 Å². The lowest BCUT2D eigenvalue weighted by molar-refractivity contribution is 0.787. The van der Waals surface area contributed by atoms with Crippen LogP contribution in [0, 0.1) is 0 Å². The van der Waals surface area contributed by atoms with Gasteiger partial charge in [0.25, 0.3) is 0 Å². The second-order valence-electron chi connectivity index (χ2n) is 4.60. The van der Waals surface area contributed by atoms with E-state index in [2.05, 4.69) is 28.9 Å². The minimum atomic E-state index is 0.954. The van der Waals surface area contributed by atoms with E-state index in [0.717, 1.165) is 19.5 Å². The van der Waals surface area contributed by atoms with Crippen molar-refractivity contribution < 1.29 is 0 Å². The molecule has 102 valence electrons. The fourth-order valence-corrected chi connectivity index (χ4v) is 4.23. The van der Waals surface area contributed by atoms with Gasteiger partial charge in [0.05, 0.1) is 5.69 Å². The molecular formula is C13H23N3S2. The minimum Gasteiger partial charge on any atom is -0.347 e. The van der Waals surface area contributed by atoms with E-state index >= 15 is 0 Å². The molecule has 0 amide bonds. The van der Waals surface area contributed by atoms with Crippen LogP contribution in [0.1, 0.15) is 30.3 Å². The Morgan fingerprint density at radius 1 is 1.33 bits per heavy atom. The fourth-order valence-electron chi connectivity index (χ4n) is 2.17. The van der Waals surface area contributed by atoms with E-state index < -0.39 is 0 Å². The molecule has 0 bridgehead atoms. The van der Waals surface area contributed by atoms with Gasteiger partial charge in [-0.15, -0.1) is 11.3 Å². The van der Waals surface area contributed by atoms with Gasteiger partial charge in [-0.1, -0.05) is 13.3 Å². The van der Waals surface area contributed by atoms with Crippen LogP contribution < -0.4 is 10.2 Å². The van der Waals surface area contributed by atoms with E-state index in [4.69, 9.17) is 4.98 Å². The smallest absolute Gasteiger partial charge is 0.185 e. The number of aryl methyl sites for hydroxylation is 1. The van der Waals surface area contributed by atoms with Gasteiger partial charge in [0, 0.05) is 30.3 Å². The molecule has 18 heavy (non-hydrogen) atoms. The highest BCUT2D eigenvalue weighted by atomic mass is 32.2. The molecule has 1 saturated heterocycles. The number of nitrogens with one attached hydrogen (secondary N) is 1. The largest absolute Gasteiger partial charge is 0.347 e. The highest BCUT2D eigenvalue weighted by Crippen LogP contribution is 2.28. The molecule has 0 unspecified atom stereocenters. The Morgan fingerprint density at radius 3 is 3.00 bits per heavy atom. The van der Waals surface area contributed by atoms with Crippen LogP contribution in [-0.4, -0.2) is 36.6 Å². The average Bonchev–Trinajstić information content (AvgIpc) is 2.62. The van der Waals surface area contributed by atoms with Crippen LogP contribution in [0.5, 0.6) is 0 Å². The Hall–Kier alpha value is -0.260. The summed E-state index contributed by atoms with van der Waals surface area (Å²) in [6.07, 6.45) is 3.57. The van der Waals surface area contributed by atoms with E-state index in [-0.39, 0.29) is 0 Å². The number of hydrogen-bond donors (Lipinski definition) is 1. The molecule has 1 fully saturated rings. The summed E-state index contributed by atoms with van der Waals surface area (Å²) in [4.78, 5) is 8.78. The number of thiazole rings is 1. The molecule has 1 aliphatic rings. The van der Waals surface area contributed by atoms with Gasteiger partial charge in [0.15, 0.2) is 5.13 Å². The third-order valence-electron chi connectivity index (χ3n) is 3.08. The fraction of sp³-hybridized carbons (Fsp3) is 0.769. The van der Waals surface area contributed by atoms with E-state index in [1.807, 2.05) is 18.4 Å². The number of hydrogen-bond acceptors (Lipinski definition) is 5. The van der Waals surface area contributed by atoms with Crippen LogP contribution in [0.15, 0.2) is 0 Å². The molecule has 2 rings (SSSR count). The maximum Gasteiger partial charge on any atom is 0.185 e. The van der Waals surface area contributed by atoms with Crippen molar-refractivity contribution in [1.29, 1.82) is 0 Å². The maximum absolute atomic E-state index is 4.88. The van der Waals surface area contributed by atoms with Crippen molar-refractivity contribution in [2.45, 2.75) is 32.7 Å².